The van der Waals surface area contributed by atoms with Crippen LogP contribution >= 0.6 is 11.6 Å². The van der Waals surface area contributed by atoms with Gasteiger partial charge < -0.3 is 19.5 Å². The zero-order valence-corrected chi connectivity index (χ0v) is 13.2. The molecule has 19 heavy (non-hydrogen) atoms. The summed E-state index contributed by atoms with van der Waals surface area (Å²) in [5, 5.41) is 3.42. The van der Waals surface area contributed by atoms with Crippen LogP contribution in [0.5, 0.6) is 0 Å². The third-order valence-corrected chi connectivity index (χ3v) is 3.09. The minimum absolute atomic E-state index is 0.633. The molecular formula is C14H30ClNO3. The molecule has 1 unspecified atom stereocenters. The second-order valence-electron chi connectivity index (χ2n) is 4.55. The summed E-state index contributed by atoms with van der Waals surface area (Å²) in [4.78, 5) is 0. The molecule has 0 bridgehead atoms. The molecule has 0 radical (unpaired) electrons. The normalized spacial score (nSPS) is 12.8. The zero-order valence-electron chi connectivity index (χ0n) is 12.5. The van der Waals surface area contributed by atoms with E-state index in [9.17, 15) is 0 Å². The van der Waals surface area contributed by atoms with E-state index in [4.69, 9.17) is 25.8 Å². The molecule has 0 aliphatic rings. The molecule has 0 amide bonds. The van der Waals surface area contributed by atoms with Crippen LogP contribution in [0.2, 0.25) is 0 Å². The van der Waals surface area contributed by atoms with Crippen molar-refractivity contribution in [3.05, 3.63) is 0 Å². The van der Waals surface area contributed by atoms with Crippen LogP contribution < -0.4 is 5.32 Å². The highest BCUT2D eigenvalue weighted by molar-refractivity contribution is 6.17. The molecule has 0 aromatic heterocycles. The van der Waals surface area contributed by atoms with Crippen LogP contribution in [0.25, 0.3) is 0 Å². The minimum atomic E-state index is 0.633. The Hall–Kier alpha value is 0.130. The monoisotopic (exact) mass is 295 g/mol. The maximum absolute atomic E-state index is 5.79. The van der Waals surface area contributed by atoms with Crippen molar-refractivity contribution < 1.29 is 14.2 Å². The van der Waals surface area contributed by atoms with Gasteiger partial charge >= 0.3 is 0 Å². The predicted molar refractivity (Wildman–Crippen MR) is 80.1 cm³/mol. The van der Waals surface area contributed by atoms with Crippen LogP contribution in [0.1, 0.15) is 26.2 Å². The lowest BCUT2D eigenvalue weighted by molar-refractivity contribution is 0.0254. The van der Waals surface area contributed by atoms with Crippen molar-refractivity contribution in [2.75, 3.05) is 59.1 Å². The fourth-order valence-corrected chi connectivity index (χ4v) is 2.13. The molecule has 1 atom stereocenters. The van der Waals surface area contributed by atoms with Gasteiger partial charge in [0, 0.05) is 19.5 Å². The summed E-state index contributed by atoms with van der Waals surface area (Å²) in [5.41, 5.74) is 0. The van der Waals surface area contributed by atoms with E-state index in [-0.39, 0.29) is 0 Å². The summed E-state index contributed by atoms with van der Waals surface area (Å²) in [6, 6.07) is 0. The van der Waals surface area contributed by atoms with Crippen molar-refractivity contribution in [2.45, 2.75) is 26.2 Å². The number of halogens is 1. The lowest BCUT2D eigenvalue weighted by Crippen LogP contribution is -2.27. The maximum Gasteiger partial charge on any atom is 0.0701 e. The Kier molecular flexibility index (Phi) is 16.3. The Bertz CT molecular complexity index is 167. The fourth-order valence-electron chi connectivity index (χ4n) is 1.83. The first-order valence-electron chi connectivity index (χ1n) is 7.26. The van der Waals surface area contributed by atoms with Crippen LogP contribution in [0.15, 0.2) is 0 Å². The summed E-state index contributed by atoms with van der Waals surface area (Å²) in [6.07, 6.45) is 3.56. The van der Waals surface area contributed by atoms with Gasteiger partial charge in [0.05, 0.1) is 33.0 Å². The second-order valence-corrected chi connectivity index (χ2v) is 4.93. The molecule has 4 nitrogen and oxygen atoms in total. The van der Waals surface area contributed by atoms with Crippen molar-refractivity contribution in [1.82, 2.24) is 5.32 Å². The Labute approximate surface area is 123 Å². The van der Waals surface area contributed by atoms with E-state index < -0.39 is 0 Å². The minimum Gasteiger partial charge on any atom is -0.382 e. The Morgan fingerprint density at radius 3 is 2.32 bits per heavy atom. The van der Waals surface area contributed by atoms with Crippen LogP contribution in [0.4, 0.5) is 0 Å². The molecule has 0 saturated carbocycles. The molecule has 0 aromatic carbocycles. The molecule has 0 fully saturated rings. The lowest BCUT2D eigenvalue weighted by Gasteiger charge is -2.15. The lowest BCUT2D eigenvalue weighted by atomic mass is 10.0. The molecule has 0 saturated heterocycles. The molecule has 0 spiro atoms. The smallest absolute Gasteiger partial charge is 0.0701 e. The summed E-state index contributed by atoms with van der Waals surface area (Å²) < 4.78 is 15.6. The third-order valence-electron chi connectivity index (χ3n) is 2.87. The molecule has 0 aromatic rings. The van der Waals surface area contributed by atoms with E-state index in [2.05, 4.69) is 12.2 Å². The van der Waals surface area contributed by atoms with Gasteiger partial charge in [0.2, 0.25) is 0 Å². The van der Waals surface area contributed by atoms with Gasteiger partial charge in [-0.3, -0.25) is 0 Å². The molecule has 116 valence electrons. The number of alkyl halides is 1. The second kappa shape index (κ2) is 16.2. The van der Waals surface area contributed by atoms with Gasteiger partial charge in [0.15, 0.2) is 0 Å². The van der Waals surface area contributed by atoms with E-state index >= 15 is 0 Å². The Morgan fingerprint density at radius 1 is 1.00 bits per heavy atom. The first-order chi connectivity index (χ1) is 9.35. The van der Waals surface area contributed by atoms with Gasteiger partial charge in [-0.15, -0.1) is 11.6 Å². The zero-order chi connectivity index (χ0) is 14.2. The van der Waals surface area contributed by atoms with Gasteiger partial charge in [0.1, 0.15) is 0 Å². The van der Waals surface area contributed by atoms with E-state index in [0.29, 0.717) is 32.3 Å². The highest BCUT2D eigenvalue weighted by Gasteiger charge is 2.05. The molecule has 0 heterocycles. The average molecular weight is 296 g/mol. The van der Waals surface area contributed by atoms with E-state index in [0.717, 1.165) is 32.0 Å². The van der Waals surface area contributed by atoms with Crippen molar-refractivity contribution in [3.8, 4) is 0 Å². The number of hydrogen-bond acceptors (Lipinski definition) is 4. The third kappa shape index (κ3) is 14.4. The van der Waals surface area contributed by atoms with Crippen molar-refractivity contribution in [1.29, 1.82) is 0 Å². The van der Waals surface area contributed by atoms with Gasteiger partial charge in [-0.05, 0) is 25.3 Å². The van der Waals surface area contributed by atoms with Crippen LogP contribution in [-0.4, -0.2) is 59.1 Å². The largest absolute Gasteiger partial charge is 0.382 e. The Morgan fingerprint density at radius 2 is 1.68 bits per heavy atom. The quantitative estimate of drug-likeness (QED) is 0.372. The number of nitrogens with one attached hydrogen (secondary N) is 1. The van der Waals surface area contributed by atoms with Gasteiger partial charge in [-0.1, -0.05) is 13.3 Å². The highest BCUT2D eigenvalue weighted by Crippen LogP contribution is 2.10. The van der Waals surface area contributed by atoms with Crippen LogP contribution in [0.3, 0.4) is 0 Å². The predicted octanol–water partition coefficient (Wildman–Crippen LogP) is 2.30. The van der Waals surface area contributed by atoms with Gasteiger partial charge in [0.25, 0.3) is 0 Å². The average Bonchev–Trinajstić information content (AvgIpc) is 2.41. The number of hydrogen-bond donors (Lipinski definition) is 1. The van der Waals surface area contributed by atoms with Crippen LogP contribution in [0, 0.1) is 5.92 Å². The van der Waals surface area contributed by atoms with E-state index in [1.54, 1.807) is 7.11 Å². The molecule has 0 aliphatic heterocycles. The summed E-state index contributed by atoms with van der Waals surface area (Å²) in [7, 11) is 1.67. The number of ether oxygens (including phenoxy) is 3. The SMILES string of the molecule is CCCC(CCCl)CNCCOCCOCCOC. The molecular weight excluding hydrogens is 266 g/mol. The van der Waals surface area contributed by atoms with E-state index in [1.807, 2.05) is 0 Å². The van der Waals surface area contributed by atoms with Crippen LogP contribution in [-0.2, 0) is 14.2 Å². The Balaban J connectivity index is 3.20. The first-order valence-corrected chi connectivity index (χ1v) is 7.79. The molecule has 5 heteroatoms. The number of rotatable bonds is 15. The van der Waals surface area contributed by atoms with E-state index in [1.165, 1.54) is 12.8 Å². The fraction of sp³-hybridized carbons (Fsp3) is 1.00. The van der Waals surface area contributed by atoms with Gasteiger partial charge in [-0.2, -0.15) is 0 Å². The molecule has 0 aliphatic carbocycles. The number of methoxy groups -OCH3 is 1. The standard InChI is InChI=1S/C14H30ClNO3/c1-3-4-14(5-6-15)13-16-7-8-18-11-12-19-10-9-17-2/h14,16H,3-13H2,1-2H3. The summed E-state index contributed by atoms with van der Waals surface area (Å²) in [6.45, 7) is 7.42. The van der Waals surface area contributed by atoms with Crippen molar-refractivity contribution in [3.63, 3.8) is 0 Å². The molecule has 1 N–H and O–H groups in total. The van der Waals surface area contributed by atoms with Crippen molar-refractivity contribution >= 4 is 11.6 Å². The maximum atomic E-state index is 5.79. The highest BCUT2D eigenvalue weighted by atomic mass is 35.5. The van der Waals surface area contributed by atoms with Crippen molar-refractivity contribution in [2.24, 2.45) is 5.92 Å². The topological polar surface area (TPSA) is 39.7 Å². The molecule has 0 rings (SSSR count). The first kappa shape index (κ1) is 19.1. The van der Waals surface area contributed by atoms with Gasteiger partial charge in [-0.25, -0.2) is 0 Å². The summed E-state index contributed by atoms with van der Waals surface area (Å²) in [5.74, 6) is 1.45. The summed E-state index contributed by atoms with van der Waals surface area (Å²) >= 11 is 5.79.